The van der Waals surface area contributed by atoms with E-state index in [9.17, 15) is 14.9 Å². The van der Waals surface area contributed by atoms with Gasteiger partial charge in [0.15, 0.2) is 0 Å². The molecule has 0 bridgehead atoms. The second-order valence-corrected chi connectivity index (χ2v) is 4.83. The van der Waals surface area contributed by atoms with Crippen molar-refractivity contribution in [3.05, 3.63) is 33.9 Å². The summed E-state index contributed by atoms with van der Waals surface area (Å²) in [6.45, 7) is 4.34. The SMILES string of the molecule is COC(=O)CN(Cc1cc([N+](=O)[O-])ccc1OC)C(C)C. The molecule has 0 aliphatic rings. The van der Waals surface area contributed by atoms with Gasteiger partial charge in [-0.1, -0.05) is 0 Å². The molecule has 21 heavy (non-hydrogen) atoms. The molecule has 116 valence electrons. The van der Waals surface area contributed by atoms with Gasteiger partial charge >= 0.3 is 5.97 Å². The Morgan fingerprint density at radius 3 is 2.52 bits per heavy atom. The smallest absolute Gasteiger partial charge is 0.319 e. The minimum absolute atomic E-state index is 0.00688. The van der Waals surface area contributed by atoms with Crippen molar-refractivity contribution in [2.75, 3.05) is 20.8 Å². The maximum Gasteiger partial charge on any atom is 0.319 e. The average molecular weight is 296 g/mol. The fraction of sp³-hybridized carbons (Fsp3) is 0.500. The predicted octanol–water partition coefficient (Wildman–Crippen LogP) is 1.99. The fourth-order valence-corrected chi connectivity index (χ4v) is 1.87. The topological polar surface area (TPSA) is 81.9 Å². The van der Waals surface area contributed by atoms with Crippen molar-refractivity contribution in [2.45, 2.75) is 26.4 Å². The number of nitro groups is 1. The van der Waals surface area contributed by atoms with Crippen molar-refractivity contribution in [3.63, 3.8) is 0 Å². The van der Waals surface area contributed by atoms with Crippen LogP contribution >= 0.6 is 0 Å². The van der Waals surface area contributed by atoms with Crippen LogP contribution in [0.3, 0.4) is 0 Å². The van der Waals surface area contributed by atoms with E-state index in [0.29, 0.717) is 17.9 Å². The molecule has 1 rings (SSSR count). The van der Waals surface area contributed by atoms with Gasteiger partial charge in [-0.15, -0.1) is 0 Å². The van der Waals surface area contributed by atoms with Crippen LogP contribution in [-0.2, 0) is 16.1 Å². The van der Waals surface area contributed by atoms with Crippen LogP contribution in [0.4, 0.5) is 5.69 Å². The van der Waals surface area contributed by atoms with Crippen LogP contribution in [0.2, 0.25) is 0 Å². The van der Waals surface area contributed by atoms with Gasteiger partial charge in [0, 0.05) is 30.3 Å². The Balaban J connectivity index is 3.03. The Labute approximate surface area is 123 Å². The van der Waals surface area contributed by atoms with Crippen LogP contribution in [-0.4, -0.2) is 42.6 Å². The first-order chi connectivity index (χ1) is 9.88. The molecule has 0 saturated heterocycles. The molecule has 0 atom stereocenters. The van der Waals surface area contributed by atoms with Gasteiger partial charge in [0.2, 0.25) is 0 Å². The Hall–Kier alpha value is -2.15. The van der Waals surface area contributed by atoms with Crippen LogP contribution in [0.25, 0.3) is 0 Å². The number of non-ortho nitro benzene ring substituents is 1. The zero-order valence-corrected chi connectivity index (χ0v) is 12.7. The predicted molar refractivity (Wildman–Crippen MR) is 77.2 cm³/mol. The number of ether oxygens (including phenoxy) is 2. The van der Waals surface area contributed by atoms with E-state index in [1.165, 1.54) is 26.4 Å². The summed E-state index contributed by atoms with van der Waals surface area (Å²) < 4.78 is 9.89. The van der Waals surface area contributed by atoms with Gasteiger partial charge in [-0.25, -0.2) is 0 Å². The number of nitrogens with zero attached hydrogens (tertiary/aromatic N) is 2. The van der Waals surface area contributed by atoms with Crippen molar-refractivity contribution < 1.29 is 19.2 Å². The van der Waals surface area contributed by atoms with Crippen LogP contribution in [0.5, 0.6) is 5.75 Å². The molecular formula is C14H20N2O5. The van der Waals surface area contributed by atoms with E-state index in [0.717, 1.165) is 0 Å². The fourth-order valence-electron chi connectivity index (χ4n) is 1.87. The molecule has 0 unspecified atom stereocenters. The monoisotopic (exact) mass is 296 g/mol. The lowest BCUT2D eigenvalue weighted by Crippen LogP contribution is -2.35. The van der Waals surface area contributed by atoms with E-state index in [2.05, 4.69) is 4.74 Å². The van der Waals surface area contributed by atoms with E-state index in [1.807, 2.05) is 18.7 Å². The molecule has 0 N–H and O–H groups in total. The Morgan fingerprint density at radius 2 is 2.05 bits per heavy atom. The van der Waals surface area contributed by atoms with Crippen molar-refractivity contribution in [2.24, 2.45) is 0 Å². The number of carbonyl (C=O) groups is 1. The molecule has 1 aromatic rings. The third-order valence-corrected chi connectivity index (χ3v) is 3.14. The molecule has 0 fully saturated rings. The van der Waals surface area contributed by atoms with Crippen molar-refractivity contribution in [3.8, 4) is 5.75 Å². The molecule has 0 aliphatic carbocycles. The summed E-state index contributed by atoms with van der Waals surface area (Å²) in [6, 6.07) is 4.49. The van der Waals surface area contributed by atoms with Gasteiger partial charge < -0.3 is 9.47 Å². The van der Waals surface area contributed by atoms with Crippen LogP contribution < -0.4 is 4.74 Å². The summed E-state index contributed by atoms with van der Waals surface area (Å²) in [6.07, 6.45) is 0. The normalized spacial score (nSPS) is 10.8. The molecule has 0 spiro atoms. The summed E-state index contributed by atoms with van der Waals surface area (Å²) in [4.78, 5) is 23.7. The lowest BCUT2D eigenvalue weighted by Gasteiger charge is -2.25. The number of methoxy groups -OCH3 is 2. The average Bonchev–Trinajstić information content (AvgIpc) is 2.45. The first kappa shape index (κ1) is 16.9. The van der Waals surface area contributed by atoms with E-state index in [1.54, 1.807) is 6.07 Å². The number of carbonyl (C=O) groups excluding carboxylic acids is 1. The molecule has 0 aliphatic heterocycles. The largest absolute Gasteiger partial charge is 0.496 e. The number of hydrogen-bond acceptors (Lipinski definition) is 6. The lowest BCUT2D eigenvalue weighted by molar-refractivity contribution is -0.385. The minimum atomic E-state index is -0.455. The lowest BCUT2D eigenvalue weighted by atomic mass is 10.1. The molecular weight excluding hydrogens is 276 g/mol. The van der Waals surface area contributed by atoms with Crippen molar-refractivity contribution >= 4 is 11.7 Å². The quantitative estimate of drug-likeness (QED) is 0.435. The van der Waals surface area contributed by atoms with Crippen LogP contribution in [0, 0.1) is 10.1 Å². The Kier molecular flexibility index (Phi) is 6.10. The summed E-state index contributed by atoms with van der Waals surface area (Å²) in [5, 5.41) is 10.9. The van der Waals surface area contributed by atoms with E-state index in [-0.39, 0.29) is 24.2 Å². The standard InChI is InChI=1S/C14H20N2O5/c1-10(2)15(9-14(17)21-4)8-11-7-12(16(18)19)5-6-13(11)20-3/h5-7,10H,8-9H2,1-4H3. The number of rotatable bonds is 7. The van der Waals surface area contributed by atoms with Crippen molar-refractivity contribution in [1.29, 1.82) is 0 Å². The van der Waals surface area contributed by atoms with E-state index in [4.69, 9.17) is 4.74 Å². The highest BCUT2D eigenvalue weighted by Gasteiger charge is 2.19. The Morgan fingerprint density at radius 1 is 1.38 bits per heavy atom. The van der Waals surface area contributed by atoms with Crippen LogP contribution in [0.15, 0.2) is 18.2 Å². The van der Waals surface area contributed by atoms with Gasteiger partial charge in [0.1, 0.15) is 5.75 Å². The number of hydrogen-bond donors (Lipinski definition) is 0. The zero-order valence-electron chi connectivity index (χ0n) is 12.7. The molecule has 1 aromatic carbocycles. The van der Waals surface area contributed by atoms with Gasteiger partial charge in [-0.3, -0.25) is 19.8 Å². The number of benzene rings is 1. The van der Waals surface area contributed by atoms with E-state index < -0.39 is 4.92 Å². The summed E-state index contributed by atoms with van der Waals surface area (Å²) in [5.74, 6) is 0.198. The van der Waals surface area contributed by atoms with E-state index >= 15 is 0 Å². The molecule has 0 radical (unpaired) electrons. The number of nitro benzene ring substituents is 1. The molecule has 0 heterocycles. The summed E-state index contributed by atoms with van der Waals surface area (Å²) >= 11 is 0. The molecule has 0 aromatic heterocycles. The first-order valence-electron chi connectivity index (χ1n) is 6.51. The zero-order chi connectivity index (χ0) is 16.0. The van der Waals surface area contributed by atoms with Gasteiger partial charge in [0.05, 0.1) is 25.7 Å². The highest BCUT2D eigenvalue weighted by Crippen LogP contribution is 2.25. The molecule has 7 nitrogen and oxygen atoms in total. The highest BCUT2D eigenvalue weighted by atomic mass is 16.6. The minimum Gasteiger partial charge on any atom is -0.496 e. The third-order valence-electron chi connectivity index (χ3n) is 3.14. The maximum absolute atomic E-state index is 11.4. The van der Waals surface area contributed by atoms with Gasteiger partial charge in [0.25, 0.3) is 5.69 Å². The molecule has 0 amide bonds. The van der Waals surface area contributed by atoms with Crippen LogP contribution in [0.1, 0.15) is 19.4 Å². The van der Waals surface area contributed by atoms with Gasteiger partial charge in [-0.2, -0.15) is 0 Å². The molecule has 7 heteroatoms. The first-order valence-corrected chi connectivity index (χ1v) is 6.51. The number of esters is 1. The molecule has 0 saturated carbocycles. The third kappa shape index (κ3) is 4.71. The second-order valence-electron chi connectivity index (χ2n) is 4.83. The summed E-state index contributed by atoms with van der Waals surface area (Å²) in [5.41, 5.74) is 0.650. The van der Waals surface area contributed by atoms with Gasteiger partial charge in [-0.05, 0) is 19.9 Å². The summed E-state index contributed by atoms with van der Waals surface area (Å²) in [7, 11) is 2.83. The maximum atomic E-state index is 11.4. The second kappa shape index (κ2) is 7.58. The highest BCUT2D eigenvalue weighted by molar-refractivity contribution is 5.71. The Bertz CT molecular complexity index is 516. The van der Waals surface area contributed by atoms with Crippen molar-refractivity contribution in [1.82, 2.24) is 4.90 Å².